The summed E-state index contributed by atoms with van der Waals surface area (Å²) in [6.07, 6.45) is 0. The minimum atomic E-state index is -0.895. The third-order valence-corrected chi connectivity index (χ3v) is 3.40. The SMILES string of the molecule is CC(C)(N)C(=O)Nc1ccc(Br)c2ccccc12. The molecule has 2 aromatic carbocycles. The Morgan fingerprint density at radius 1 is 1.17 bits per heavy atom. The van der Waals surface area contributed by atoms with Gasteiger partial charge in [-0.1, -0.05) is 40.2 Å². The number of rotatable bonds is 2. The average Bonchev–Trinajstić information content (AvgIpc) is 2.32. The minimum Gasteiger partial charge on any atom is -0.324 e. The Hall–Kier alpha value is -1.39. The van der Waals surface area contributed by atoms with Crippen molar-refractivity contribution in [2.24, 2.45) is 5.73 Å². The van der Waals surface area contributed by atoms with Gasteiger partial charge in [-0.3, -0.25) is 4.79 Å². The van der Waals surface area contributed by atoms with E-state index in [1.165, 1.54) is 0 Å². The van der Waals surface area contributed by atoms with Gasteiger partial charge >= 0.3 is 0 Å². The van der Waals surface area contributed by atoms with Crippen LogP contribution in [0.15, 0.2) is 40.9 Å². The number of amides is 1. The molecule has 0 aromatic heterocycles. The van der Waals surface area contributed by atoms with Crippen LogP contribution in [0.2, 0.25) is 0 Å². The molecule has 2 aromatic rings. The zero-order valence-corrected chi connectivity index (χ0v) is 11.9. The average molecular weight is 307 g/mol. The van der Waals surface area contributed by atoms with Crippen molar-refractivity contribution >= 4 is 38.3 Å². The van der Waals surface area contributed by atoms with Crippen LogP contribution in [0.4, 0.5) is 5.69 Å². The fourth-order valence-electron chi connectivity index (χ4n) is 1.65. The molecule has 3 N–H and O–H groups in total. The number of nitrogens with one attached hydrogen (secondary N) is 1. The number of carbonyl (C=O) groups is 1. The van der Waals surface area contributed by atoms with Gasteiger partial charge in [0.2, 0.25) is 5.91 Å². The molecule has 18 heavy (non-hydrogen) atoms. The summed E-state index contributed by atoms with van der Waals surface area (Å²) in [7, 11) is 0. The molecule has 3 nitrogen and oxygen atoms in total. The van der Waals surface area contributed by atoms with Crippen LogP contribution in [0, 0.1) is 0 Å². The van der Waals surface area contributed by atoms with Crippen molar-refractivity contribution in [1.82, 2.24) is 0 Å². The van der Waals surface area contributed by atoms with Crippen LogP contribution >= 0.6 is 15.9 Å². The third kappa shape index (κ3) is 2.54. The number of nitrogens with two attached hydrogens (primary N) is 1. The minimum absolute atomic E-state index is 0.199. The maximum absolute atomic E-state index is 11.9. The van der Waals surface area contributed by atoms with E-state index in [0.717, 1.165) is 20.9 Å². The number of hydrogen-bond acceptors (Lipinski definition) is 2. The van der Waals surface area contributed by atoms with Crippen molar-refractivity contribution in [3.8, 4) is 0 Å². The van der Waals surface area contributed by atoms with E-state index >= 15 is 0 Å². The van der Waals surface area contributed by atoms with Crippen molar-refractivity contribution < 1.29 is 4.79 Å². The van der Waals surface area contributed by atoms with Crippen LogP contribution in [0.1, 0.15) is 13.8 Å². The molecule has 0 aliphatic rings. The molecule has 1 amide bonds. The van der Waals surface area contributed by atoms with Gasteiger partial charge in [-0.05, 0) is 31.4 Å². The second-order valence-electron chi connectivity index (χ2n) is 4.82. The summed E-state index contributed by atoms with van der Waals surface area (Å²) in [6.45, 7) is 3.37. The van der Waals surface area contributed by atoms with Gasteiger partial charge in [0.15, 0.2) is 0 Å². The van der Waals surface area contributed by atoms with Crippen LogP contribution < -0.4 is 11.1 Å². The summed E-state index contributed by atoms with van der Waals surface area (Å²) >= 11 is 3.50. The van der Waals surface area contributed by atoms with Gasteiger partial charge in [0.25, 0.3) is 0 Å². The molecule has 4 heteroatoms. The van der Waals surface area contributed by atoms with Crippen molar-refractivity contribution in [3.05, 3.63) is 40.9 Å². The van der Waals surface area contributed by atoms with Gasteiger partial charge < -0.3 is 11.1 Å². The molecule has 0 unspecified atom stereocenters. The topological polar surface area (TPSA) is 55.1 Å². The lowest BCUT2D eigenvalue weighted by Gasteiger charge is -2.19. The zero-order valence-electron chi connectivity index (χ0n) is 10.3. The fraction of sp³-hybridized carbons (Fsp3) is 0.214. The molecule has 94 valence electrons. The summed E-state index contributed by atoms with van der Waals surface area (Å²) in [5, 5.41) is 4.92. The molecular formula is C14H15BrN2O. The number of anilines is 1. The van der Waals surface area contributed by atoms with Gasteiger partial charge in [-0.15, -0.1) is 0 Å². The lowest BCUT2D eigenvalue weighted by molar-refractivity contribution is -0.120. The van der Waals surface area contributed by atoms with E-state index in [-0.39, 0.29) is 5.91 Å². The predicted octanol–water partition coefficient (Wildman–Crippen LogP) is 3.28. The number of carbonyl (C=O) groups excluding carboxylic acids is 1. The van der Waals surface area contributed by atoms with E-state index in [4.69, 9.17) is 5.73 Å². The van der Waals surface area contributed by atoms with Crippen molar-refractivity contribution in [3.63, 3.8) is 0 Å². The van der Waals surface area contributed by atoms with Crippen molar-refractivity contribution in [1.29, 1.82) is 0 Å². The van der Waals surface area contributed by atoms with E-state index in [2.05, 4.69) is 21.2 Å². The van der Waals surface area contributed by atoms with Crippen molar-refractivity contribution in [2.45, 2.75) is 19.4 Å². The molecule has 0 aliphatic carbocycles. The first-order valence-electron chi connectivity index (χ1n) is 5.67. The van der Waals surface area contributed by atoms with E-state index in [0.29, 0.717) is 0 Å². The largest absolute Gasteiger partial charge is 0.324 e. The first-order chi connectivity index (χ1) is 8.39. The Labute approximate surface area is 114 Å². The molecule has 0 fully saturated rings. The highest BCUT2D eigenvalue weighted by Crippen LogP contribution is 2.30. The Kier molecular flexibility index (Phi) is 3.41. The Bertz CT molecular complexity index is 602. The summed E-state index contributed by atoms with van der Waals surface area (Å²) in [5.41, 5.74) is 5.66. The lowest BCUT2D eigenvalue weighted by atomic mass is 10.0. The zero-order chi connectivity index (χ0) is 13.3. The molecule has 0 bridgehead atoms. The lowest BCUT2D eigenvalue weighted by Crippen LogP contribution is -2.45. The highest BCUT2D eigenvalue weighted by molar-refractivity contribution is 9.10. The van der Waals surface area contributed by atoms with Crippen LogP contribution in [-0.4, -0.2) is 11.4 Å². The molecule has 0 saturated carbocycles. The highest BCUT2D eigenvalue weighted by atomic mass is 79.9. The summed E-state index contributed by atoms with van der Waals surface area (Å²) < 4.78 is 1.00. The first kappa shape index (κ1) is 13.1. The van der Waals surface area contributed by atoms with Gasteiger partial charge in [0.1, 0.15) is 0 Å². The summed E-state index contributed by atoms with van der Waals surface area (Å²) in [6, 6.07) is 11.7. The van der Waals surface area contributed by atoms with Crippen LogP contribution in [0.3, 0.4) is 0 Å². The number of halogens is 1. The van der Waals surface area contributed by atoms with Gasteiger partial charge in [-0.25, -0.2) is 0 Å². The molecule has 0 heterocycles. The van der Waals surface area contributed by atoms with E-state index < -0.39 is 5.54 Å². The van der Waals surface area contributed by atoms with Crippen molar-refractivity contribution in [2.75, 3.05) is 5.32 Å². The van der Waals surface area contributed by atoms with Gasteiger partial charge in [0.05, 0.1) is 5.54 Å². The first-order valence-corrected chi connectivity index (χ1v) is 6.46. The van der Waals surface area contributed by atoms with Crippen LogP contribution in [0.5, 0.6) is 0 Å². The van der Waals surface area contributed by atoms with Gasteiger partial charge in [0, 0.05) is 15.5 Å². The smallest absolute Gasteiger partial charge is 0.243 e. The number of hydrogen-bond donors (Lipinski definition) is 2. The van der Waals surface area contributed by atoms with E-state index in [9.17, 15) is 4.79 Å². The number of fused-ring (bicyclic) bond motifs is 1. The van der Waals surface area contributed by atoms with Crippen LogP contribution in [-0.2, 0) is 4.79 Å². The second kappa shape index (κ2) is 4.71. The van der Waals surface area contributed by atoms with Gasteiger partial charge in [-0.2, -0.15) is 0 Å². The standard InChI is InChI=1S/C14H15BrN2O/c1-14(2,16)13(18)17-12-8-7-11(15)9-5-3-4-6-10(9)12/h3-8H,16H2,1-2H3,(H,17,18). The molecule has 0 saturated heterocycles. The summed E-state index contributed by atoms with van der Waals surface area (Å²) in [4.78, 5) is 11.9. The molecule has 0 spiro atoms. The third-order valence-electron chi connectivity index (χ3n) is 2.70. The quantitative estimate of drug-likeness (QED) is 0.894. The normalized spacial score (nSPS) is 11.6. The Morgan fingerprint density at radius 2 is 1.78 bits per heavy atom. The summed E-state index contributed by atoms with van der Waals surface area (Å²) in [5.74, 6) is -0.199. The second-order valence-corrected chi connectivity index (χ2v) is 5.67. The molecule has 0 atom stereocenters. The maximum atomic E-state index is 11.9. The number of benzene rings is 2. The maximum Gasteiger partial charge on any atom is 0.243 e. The monoisotopic (exact) mass is 306 g/mol. The molecular weight excluding hydrogens is 292 g/mol. The fourth-order valence-corrected chi connectivity index (χ4v) is 2.13. The van der Waals surface area contributed by atoms with Crippen LogP contribution in [0.25, 0.3) is 10.8 Å². The predicted molar refractivity (Wildman–Crippen MR) is 78.5 cm³/mol. The Balaban J connectivity index is 2.47. The molecule has 0 aliphatic heterocycles. The highest BCUT2D eigenvalue weighted by Gasteiger charge is 2.22. The Morgan fingerprint density at radius 3 is 2.39 bits per heavy atom. The van der Waals surface area contributed by atoms with E-state index in [1.54, 1.807) is 13.8 Å². The molecule has 0 radical (unpaired) electrons. The molecule has 2 rings (SSSR count). The van der Waals surface area contributed by atoms with E-state index in [1.807, 2.05) is 36.4 Å².